The van der Waals surface area contributed by atoms with Crippen LogP contribution < -0.4 is 14.8 Å². The fourth-order valence-electron chi connectivity index (χ4n) is 2.97. The first-order valence-electron chi connectivity index (χ1n) is 10.0. The minimum absolute atomic E-state index is 0.0550. The summed E-state index contributed by atoms with van der Waals surface area (Å²) in [6.07, 6.45) is 4.09. The summed E-state index contributed by atoms with van der Waals surface area (Å²) in [5.74, 6) is -0.142. The van der Waals surface area contributed by atoms with Crippen LogP contribution in [0.5, 0.6) is 5.75 Å². The predicted octanol–water partition coefficient (Wildman–Crippen LogP) is 3.94. The fraction of sp³-hybridized carbons (Fsp3) is 0.409. The molecule has 1 atom stereocenters. The molecular weight excluding hydrogens is 407 g/mol. The Morgan fingerprint density at radius 2 is 1.70 bits per heavy atom. The number of hydrogen-bond acceptors (Lipinski definition) is 4. The molecule has 0 bridgehead atoms. The molecule has 8 heteroatoms. The number of carbonyl (C=O) groups excluding carboxylic acids is 1. The van der Waals surface area contributed by atoms with Crippen LogP contribution in [-0.4, -0.2) is 28.0 Å². The number of methoxy groups -OCH3 is 1. The number of carbonyl (C=O) groups is 1. The van der Waals surface area contributed by atoms with Crippen molar-refractivity contribution in [1.29, 1.82) is 0 Å². The van der Waals surface area contributed by atoms with Gasteiger partial charge in [0.15, 0.2) is 0 Å². The first-order valence-corrected chi connectivity index (χ1v) is 11.5. The van der Waals surface area contributed by atoms with E-state index in [0.717, 1.165) is 37.8 Å². The third-order valence-corrected chi connectivity index (χ3v) is 6.17. The Labute approximate surface area is 177 Å². The highest BCUT2D eigenvalue weighted by Crippen LogP contribution is 2.23. The molecule has 164 valence electrons. The highest BCUT2D eigenvalue weighted by molar-refractivity contribution is 7.89. The maximum atomic E-state index is 13.2. The van der Waals surface area contributed by atoms with E-state index in [0.29, 0.717) is 17.9 Å². The molecule has 1 amide bonds. The number of ether oxygens (including phenoxy) is 1. The molecule has 0 unspecified atom stereocenters. The van der Waals surface area contributed by atoms with Gasteiger partial charge in [0.1, 0.15) is 11.6 Å². The molecular formula is C22H29FN2O4S. The first-order chi connectivity index (χ1) is 14.4. The second-order valence-corrected chi connectivity index (χ2v) is 8.73. The largest absolute Gasteiger partial charge is 0.497 e. The number of rotatable bonds is 12. The monoisotopic (exact) mass is 436 g/mol. The van der Waals surface area contributed by atoms with E-state index in [-0.39, 0.29) is 17.2 Å². The minimum atomic E-state index is -3.95. The number of amides is 1. The average molecular weight is 437 g/mol. The zero-order chi connectivity index (χ0) is 22.0. The molecule has 2 N–H and O–H groups in total. The molecule has 0 spiro atoms. The van der Waals surface area contributed by atoms with Gasteiger partial charge in [-0.25, -0.2) is 17.5 Å². The molecule has 6 nitrogen and oxygen atoms in total. The van der Waals surface area contributed by atoms with Crippen LogP contribution in [-0.2, 0) is 14.8 Å². The third kappa shape index (κ3) is 7.42. The molecule has 0 saturated carbocycles. The van der Waals surface area contributed by atoms with Gasteiger partial charge < -0.3 is 10.1 Å². The van der Waals surface area contributed by atoms with Gasteiger partial charge in [0.25, 0.3) is 0 Å². The van der Waals surface area contributed by atoms with Gasteiger partial charge in [-0.05, 0) is 48.4 Å². The predicted molar refractivity (Wildman–Crippen MR) is 114 cm³/mol. The molecule has 0 fully saturated rings. The molecule has 0 radical (unpaired) electrons. The summed E-state index contributed by atoms with van der Waals surface area (Å²) in [6, 6.07) is 10.6. The van der Waals surface area contributed by atoms with Gasteiger partial charge in [-0.15, -0.1) is 0 Å². The van der Waals surface area contributed by atoms with Gasteiger partial charge >= 0.3 is 0 Å². The summed E-state index contributed by atoms with van der Waals surface area (Å²) >= 11 is 0. The topological polar surface area (TPSA) is 84.5 Å². The number of unbranched alkanes of at least 4 members (excludes halogenated alkanes) is 3. The summed E-state index contributed by atoms with van der Waals surface area (Å²) in [6.45, 7) is 2.67. The quantitative estimate of drug-likeness (QED) is 0.494. The molecule has 0 aliphatic heterocycles. The van der Waals surface area contributed by atoms with Gasteiger partial charge in [-0.2, -0.15) is 0 Å². The molecule has 2 aromatic rings. The standard InChI is InChI=1S/C22H29FN2O4S/c1-3-4-5-6-15-24-22(26)16-21(17-7-11-19(29-2)12-8-17)25-30(27,28)20-13-9-18(23)10-14-20/h7-14,21,25H,3-6,15-16H2,1-2H3,(H,24,26)/t21-/m1/s1. The smallest absolute Gasteiger partial charge is 0.241 e. The van der Waals surface area contributed by atoms with Crippen molar-refractivity contribution in [2.45, 2.75) is 50.0 Å². The fourth-order valence-corrected chi connectivity index (χ4v) is 4.19. The lowest BCUT2D eigenvalue weighted by Crippen LogP contribution is -2.34. The average Bonchev–Trinajstić information content (AvgIpc) is 2.73. The number of halogens is 1. The summed E-state index contributed by atoms with van der Waals surface area (Å²) in [5.41, 5.74) is 0.627. The Kier molecular flexibility index (Phi) is 9.26. The van der Waals surface area contributed by atoms with Crippen LogP contribution in [0.25, 0.3) is 0 Å². The van der Waals surface area contributed by atoms with Crippen LogP contribution in [0.3, 0.4) is 0 Å². The minimum Gasteiger partial charge on any atom is -0.497 e. The van der Waals surface area contributed by atoms with Crippen LogP contribution in [0, 0.1) is 5.82 Å². The van der Waals surface area contributed by atoms with Crippen LogP contribution in [0.15, 0.2) is 53.4 Å². The number of hydrogen-bond donors (Lipinski definition) is 2. The van der Waals surface area contributed by atoms with Gasteiger partial charge in [0, 0.05) is 13.0 Å². The summed E-state index contributed by atoms with van der Waals surface area (Å²) in [5, 5.41) is 2.85. The molecule has 30 heavy (non-hydrogen) atoms. The van der Waals surface area contributed by atoms with Crippen molar-refractivity contribution < 1.29 is 22.3 Å². The number of sulfonamides is 1. The van der Waals surface area contributed by atoms with E-state index in [1.807, 2.05) is 0 Å². The molecule has 2 aromatic carbocycles. The van der Waals surface area contributed by atoms with Gasteiger partial charge in [-0.3, -0.25) is 4.79 Å². The van der Waals surface area contributed by atoms with Crippen LogP contribution in [0.2, 0.25) is 0 Å². The van der Waals surface area contributed by atoms with Crippen molar-refractivity contribution >= 4 is 15.9 Å². The zero-order valence-electron chi connectivity index (χ0n) is 17.4. The lowest BCUT2D eigenvalue weighted by molar-refractivity contribution is -0.121. The van der Waals surface area contributed by atoms with Crippen molar-refractivity contribution in [3.05, 3.63) is 59.9 Å². The molecule has 0 aromatic heterocycles. The zero-order valence-corrected chi connectivity index (χ0v) is 18.2. The van der Waals surface area contributed by atoms with Crippen molar-refractivity contribution in [2.75, 3.05) is 13.7 Å². The van der Waals surface area contributed by atoms with Crippen LogP contribution in [0.1, 0.15) is 50.6 Å². The highest BCUT2D eigenvalue weighted by atomic mass is 32.2. The Balaban J connectivity index is 2.14. The molecule has 2 rings (SSSR count). The first kappa shape index (κ1) is 23.8. The van der Waals surface area contributed by atoms with E-state index in [1.165, 1.54) is 19.2 Å². The summed E-state index contributed by atoms with van der Waals surface area (Å²) in [4.78, 5) is 12.4. The third-order valence-electron chi connectivity index (χ3n) is 4.68. The lowest BCUT2D eigenvalue weighted by Gasteiger charge is -2.19. The van der Waals surface area contributed by atoms with Crippen molar-refractivity contribution in [3.8, 4) is 5.75 Å². The lowest BCUT2D eigenvalue weighted by atomic mass is 10.0. The van der Waals surface area contributed by atoms with Crippen molar-refractivity contribution in [1.82, 2.24) is 10.0 Å². The number of benzene rings is 2. The molecule has 0 saturated heterocycles. The highest BCUT2D eigenvalue weighted by Gasteiger charge is 2.24. The molecule has 0 heterocycles. The van der Waals surface area contributed by atoms with Crippen LogP contribution in [0.4, 0.5) is 4.39 Å². The van der Waals surface area contributed by atoms with Gasteiger partial charge in [0.2, 0.25) is 15.9 Å². The Hall–Kier alpha value is -2.45. The Morgan fingerprint density at radius 3 is 2.30 bits per heavy atom. The van der Waals surface area contributed by atoms with E-state index in [2.05, 4.69) is 17.0 Å². The number of nitrogens with one attached hydrogen (secondary N) is 2. The summed E-state index contributed by atoms with van der Waals surface area (Å²) < 4.78 is 46.4. The van der Waals surface area contributed by atoms with E-state index < -0.39 is 21.9 Å². The van der Waals surface area contributed by atoms with Crippen LogP contribution >= 0.6 is 0 Å². The maximum Gasteiger partial charge on any atom is 0.241 e. The summed E-state index contributed by atoms with van der Waals surface area (Å²) in [7, 11) is -2.41. The SMILES string of the molecule is CCCCCCNC(=O)C[C@@H](NS(=O)(=O)c1ccc(F)cc1)c1ccc(OC)cc1. The maximum absolute atomic E-state index is 13.2. The van der Waals surface area contributed by atoms with E-state index in [4.69, 9.17) is 4.74 Å². The second kappa shape index (κ2) is 11.7. The normalized spacial score (nSPS) is 12.4. The van der Waals surface area contributed by atoms with Crippen molar-refractivity contribution in [3.63, 3.8) is 0 Å². The van der Waals surface area contributed by atoms with E-state index in [9.17, 15) is 17.6 Å². The molecule has 0 aliphatic carbocycles. The second-order valence-electron chi connectivity index (χ2n) is 7.02. The molecule has 0 aliphatic rings. The van der Waals surface area contributed by atoms with E-state index >= 15 is 0 Å². The van der Waals surface area contributed by atoms with Gasteiger partial charge in [0.05, 0.1) is 18.0 Å². The van der Waals surface area contributed by atoms with Crippen molar-refractivity contribution in [2.24, 2.45) is 0 Å². The Bertz CT molecular complexity index is 900. The Morgan fingerprint density at radius 1 is 1.03 bits per heavy atom. The van der Waals surface area contributed by atoms with E-state index in [1.54, 1.807) is 24.3 Å². The van der Waals surface area contributed by atoms with Gasteiger partial charge in [-0.1, -0.05) is 38.3 Å².